The van der Waals surface area contributed by atoms with Gasteiger partial charge in [0.2, 0.25) is 5.89 Å². The highest BCUT2D eigenvalue weighted by molar-refractivity contribution is 5.93. The molecule has 1 aliphatic heterocycles. The van der Waals surface area contributed by atoms with E-state index in [2.05, 4.69) is 25.2 Å². The van der Waals surface area contributed by atoms with Gasteiger partial charge in [-0.05, 0) is 31.2 Å². The van der Waals surface area contributed by atoms with E-state index in [9.17, 15) is 4.79 Å². The second-order valence-electron chi connectivity index (χ2n) is 7.49. The van der Waals surface area contributed by atoms with Gasteiger partial charge in [-0.1, -0.05) is 19.0 Å². The number of aromatic nitrogens is 6. The zero-order valence-corrected chi connectivity index (χ0v) is 16.9. The Kier molecular flexibility index (Phi) is 5.52. The first-order chi connectivity index (χ1) is 14.1. The summed E-state index contributed by atoms with van der Waals surface area (Å²) in [6.45, 7) is 5.24. The first-order valence-corrected chi connectivity index (χ1v) is 9.91. The highest BCUT2D eigenvalue weighted by Crippen LogP contribution is 2.31. The quantitative estimate of drug-likeness (QED) is 0.620. The summed E-state index contributed by atoms with van der Waals surface area (Å²) in [5, 5.41) is 8.24. The van der Waals surface area contributed by atoms with E-state index in [1.807, 2.05) is 13.8 Å². The summed E-state index contributed by atoms with van der Waals surface area (Å²) < 4.78 is 12.2. The van der Waals surface area contributed by atoms with E-state index >= 15 is 0 Å². The molecule has 1 aliphatic rings. The van der Waals surface area contributed by atoms with Gasteiger partial charge < -0.3 is 14.2 Å². The van der Waals surface area contributed by atoms with Crippen LogP contribution in [0.1, 0.15) is 73.0 Å². The fourth-order valence-corrected chi connectivity index (χ4v) is 3.63. The number of rotatable bonds is 6. The normalized spacial score (nSPS) is 17.4. The molecule has 0 radical (unpaired) electrons. The highest BCUT2D eigenvalue weighted by Gasteiger charge is 2.33. The Labute approximate surface area is 168 Å². The first-order valence-electron chi connectivity index (χ1n) is 9.91. The number of nitrogens with zero attached hydrogens (tertiary/aromatic N) is 7. The summed E-state index contributed by atoms with van der Waals surface area (Å²) in [4.78, 5) is 28.3. The molecule has 1 saturated heterocycles. The molecular formula is C19H25N7O3. The van der Waals surface area contributed by atoms with Crippen molar-refractivity contribution in [2.45, 2.75) is 51.5 Å². The maximum absolute atomic E-state index is 13.4. The third-order valence-electron chi connectivity index (χ3n) is 5.15. The molecule has 0 aliphatic carbocycles. The van der Waals surface area contributed by atoms with E-state index in [0.29, 0.717) is 42.8 Å². The molecule has 0 aromatic carbocycles. The number of fused-ring (bicyclic) bond motifs is 1. The zero-order chi connectivity index (χ0) is 20.4. The first kappa shape index (κ1) is 19.4. The second-order valence-corrected chi connectivity index (χ2v) is 7.49. The molecule has 4 rings (SSSR count). The van der Waals surface area contributed by atoms with Crippen LogP contribution < -0.4 is 0 Å². The number of methoxy groups -OCH3 is 1. The van der Waals surface area contributed by atoms with E-state index in [0.717, 1.165) is 25.0 Å². The van der Waals surface area contributed by atoms with Gasteiger partial charge in [0.1, 0.15) is 18.1 Å². The van der Waals surface area contributed by atoms with Gasteiger partial charge in [-0.15, -0.1) is 0 Å². The topological polar surface area (TPSA) is 112 Å². The monoisotopic (exact) mass is 399 g/mol. The number of ether oxygens (including phenoxy) is 1. The summed E-state index contributed by atoms with van der Waals surface area (Å²) in [7, 11) is 1.63. The smallest absolute Gasteiger partial charge is 0.273 e. The van der Waals surface area contributed by atoms with Crippen LogP contribution in [0.3, 0.4) is 0 Å². The molecule has 3 aromatic rings. The van der Waals surface area contributed by atoms with Crippen molar-refractivity contribution < 1.29 is 14.1 Å². The Morgan fingerprint density at radius 3 is 3.00 bits per heavy atom. The summed E-state index contributed by atoms with van der Waals surface area (Å²) in [5.41, 5.74) is 1.25. The summed E-state index contributed by atoms with van der Waals surface area (Å²) in [6, 6.07) is 1.55. The minimum absolute atomic E-state index is 0.154. The number of likely N-dealkylation sites (tertiary alicyclic amines) is 1. The lowest BCUT2D eigenvalue weighted by atomic mass is 10.0. The number of carbonyl (C=O) groups is 1. The Morgan fingerprint density at radius 1 is 1.34 bits per heavy atom. The van der Waals surface area contributed by atoms with E-state index < -0.39 is 0 Å². The average molecular weight is 399 g/mol. The molecule has 0 saturated carbocycles. The molecule has 10 nitrogen and oxygen atoms in total. The van der Waals surface area contributed by atoms with Crippen molar-refractivity contribution in [3.8, 4) is 0 Å². The van der Waals surface area contributed by atoms with Gasteiger partial charge in [-0.25, -0.2) is 9.50 Å². The SMILES string of the molecule is COCCc1noc(C2CCCCN2C(=O)c2cc(C(C)C)n3ncnc3n2)n1. The van der Waals surface area contributed by atoms with Crippen LogP contribution in [-0.2, 0) is 11.2 Å². The van der Waals surface area contributed by atoms with Crippen molar-refractivity contribution in [1.82, 2.24) is 34.6 Å². The molecule has 1 amide bonds. The molecule has 1 fully saturated rings. The number of carbonyl (C=O) groups excluding carboxylic acids is 1. The van der Waals surface area contributed by atoms with Crippen LogP contribution in [0.4, 0.5) is 0 Å². The third kappa shape index (κ3) is 3.84. The van der Waals surface area contributed by atoms with Crippen LogP contribution in [-0.4, -0.2) is 60.8 Å². The average Bonchev–Trinajstić information content (AvgIpc) is 3.40. The Balaban J connectivity index is 1.64. The van der Waals surface area contributed by atoms with Crippen molar-refractivity contribution in [3.63, 3.8) is 0 Å². The Bertz CT molecular complexity index is 997. The fraction of sp³-hybridized carbons (Fsp3) is 0.579. The number of piperidine rings is 1. The lowest BCUT2D eigenvalue weighted by molar-refractivity contribution is 0.0555. The maximum atomic E-state index is 13.4. The van der Waals surface area contributed by atoms with Gasteiger partial charge in [0.15, 0.2) is 5.82 Å². The largest absolute Gasteiger partial charge is 0.384 e. The lowest BCUT2D eigenvalue weighted by Crippen LogP contribution is -2.39. The lowest BCUT2D eigenvalue weighted by Gasteiger charge is -2.33. The second kappa shape index (κ2) is 8.24. The molecule has 1 unspecified atom stereocenters. The fourth-order valence-electron chi connectivity index (χ4n) is 3.63. The van der Waals surface area contributed by atoms with Crippen molar-refractivity contribution in [1.29, 1.82) is 0 Å². The van der Waals surface area contributed by atoms with Gasteiger partial charge in [-0.3, -0.25) is 4.79 Å². The van der Waals surface area contributed by atoms with E-state index in [4.69, 9.17) is 9.26 Å². The summed E-state index contributed by atoms with van der Waals surface area (Å²) >= 11 is 0. The minimum Gasteiger partial charge on any atom is -0.384 e. The van der Waals surface area contributed by atoms with Crippen molar-refractivity contribution >= 4 is 11.7 Å². The molecular weight excluding hydrogens is 374 g/mol. The van der Waals surface area contributed by atoms with Crippen molar-refractivity contribution in [2.75, 3.05) is 20.3 Å². The molecule has 10 heteroatoms. The summed E-state index contributed by atoms with van der Waals surface area (Å²) in [5.74, 6) is 1.50. The van der Waals surface area contributed by atoms with Crippen LogP contribution in [0, 0.1) is 0 Å². The van der Waals surface area contributed by atoms with Crippen molar-refractivity contribution in [3.05, 3.63) is 35.5 Å². The zero-order valence-electron chi connectivity index (χ0n) is 16.9. The van der Waals surface area contributed by atoms with Crippen molar-refractivity contribution in [2.24, 2.45) is 0 Å². The molecule has 3 aromatic heterocycles. The van der Waals surface area contributed by atoms with Gasteiger partial charge >= 0.3 is 0 Å². The highest BCUT2D eigenvalue weighted by atomic mass is 16.5. The van der Waals surface area contributed by atoms with Gasteiger partial charge in [0, 0.05) is 20.1 Å². The van der Waals surface area contributed by atoms with E-state index in [-0.39, 0.29) is 17.9 Å². The predicted molar refractivity (Wildman–Crippen MR) is 102 cm³/mol. The standard InChI is InChI=1S/C19H25N7O3/c1-12(2)15-10-13(22-19-20-11-21-26(15)19)18(27)25-8-5-4-6-14(25)17-23-16(24-29-17)7-9-28-3/h10-12,14H,4-9H2,1-3H3. The Hall–Kier alpha value is -2.88. The van der Waals surface area contributed by atoms with E-state index in [1.165, 1.54) is 6.33 Å². The van der Waals surface area contributed by atoms with Crippen LogP contribution in [0.25, 0.3) is 5.78 Å². The molecule has 4 heterocycles. The molecule has 0 N–H and O–H groups in total. The third-order valence-corrected chi connectivity index (χ3v) is 5.15. The van der Waals surface area contributed by atoms with E-state index in [1.54, 1.807) is 22.6 Å². The molecule has 154 valence electrons. The number of amides is 1. The number of hydrogen-bond acceptors (Lipinski definition) is 8. The van der Waals surface area contributed by atoms with Gasteiger partial charge in [0.25, 0.3) is 11.7 Å². The minimum atomic E-state index is -0.251. The van der Waals surface area contributed by atoms with Crippen LogP contribution in [0.15, 0.2) is 16.9 Å². The molecule has 0 bridgehead atoms. The van der Waals surface area contributed by atoms with Gasteiger partial charge in [0.05, 0.1) is 12.3 Å². The Morgan fingerprint density at radius 2 is 2.21 bits per heavy atom. The van der Waals surface area contributed by atoms with Crippen LogP contribution in [0.2, 0.25) is 0 Å². The molecule has 1 atom stereocenters. The predicted octanol–water partition coefficient (Wildman–Crippen LogP) is 2.19. The molecule has 0 spiro atoms. The van der Waals surface area contributed by atoms with Crippen LogP contribution >= 0.6 is 0 Å². The van der Waals surface area contributed by atoms with Gasteiger partial charge in [-0.2, -0.15) is 15.1 Å². The number of hydrogen-bond donors (Lipinski definition) is 0. The molecule has 29 heavy (non-hydrogen) atoms. The van der Waals surface area contributed by atoms with Crippen LogP contribution in [0.5, 0.6) is 0 Å². The summed E-state index contributed by atoms with van der Waals surface area (Å²) in [6.07, 6.45) is 4.73. The maximum Gasteiger partial charge on any atom is 0.273 e.